The second-order valence-electron chi connectivity index (χ2n) is 6.47. The van der Waals surface area contributed by atoms with Crippen molar-refractivity contribution in [3.05, 3.63) is 65.1 Å². The van der Waals surface area contributed by atoms with Crippen LogP contribution in [0.2, 0.25) is 0 Å². The molecule has 9 heteroatoms. The molecule has 0 aliphatic carbocycles. The van der Waals surface area contributed by atoms with Crippen LogP contribution in [0.25, 0.3) is 5.43 Å². The minimum atomic E-state index is -4.37. The van der Waals surface area contributed by atoms with Crippen molar-refractivity contribution in [2.24, 2.45) is 11.0 Å². The van der Waals surface area contributed by atoms with Gasteiger partial charge in [-0.25, -0.2) is 0 Å². The number of hydrazone groups is 2. The Morgan fingerprint density at radius 2 is 1.82 bits per heavy atom. The van der Waals surface area contributed by atoms with Crippen LogP contribution in [0.4, 0.5) is 24.5 Å². The fraction of sp³-hybridized carbons (Fsp3) is 0.263. The molecule has 0 unspecified atom stereocenters. The zero-order chi connectivity index (χ0) is 20.3. The Morgan fingerprint density at radius 3 is 2.46 bits per heavy atom. The second kappa shape index (κ2) is 7.89. The lowest BCUT2D eigenvalue weighted by molar-refractivity contribution is -0.524. The Hall–Kier alpha value is -3.07. The molecule has 0 radical (unpaired) electrons. The van der Waals surface area contributed by atoms with Crippen molar-refractivity contribution in [2.45, 2.75) is 26.1 Å². The number of aliphatic hydroxyl groups is 1. The van der Waals surface area contributed by atoms with Gasteiger partial charge in [-0.1, -0.05) is 25.1 Å². The molecule has 2 aromatic carbocycles. The fourth-order valence-corrected chi connectivity index (χ4v) is 2.46. The summed E-state index contributed by atoms with van der Waals surface area (Å²) in [6.45, 7) is 3.53. The third-order valence-corrected chi connectivity index (χ3v) is 4.26. The topological polar surface area (TPSA) is 73.8 Å². The molecule has 3 N–H and O–H groups in total. The van der Waals surface area contributed by atoms with Gasteiger partial charge in [0.05, 0.1) is 23.7 Å². The second-order valence-corrected chi connectivity index (χ2v) is 6.47. The Morgan fingerprint density at radius 1 is 1.14 bits per heavy atom. The van der Waals surface area contributed by atoms with Crippen LogP contribution in [0, 0.1) is 5.92 Å². The van der Waals surface area contributed by atoms with Crippen molar-refractivity contribution in [3.8, 4) is 0 Å². The molecule has 0 bridgehead atoms. The van der Waals surface area contributed by atoms with Crippen molar-refractivity contribution in [3.63, 3.8) is 0 Å². The van der Waals surface area contributed by atoms with Gasteiger partial charge < -0.3 is 15.5 Å². The number of amidine groups is 1. The zero-order valence-electron chi connectivity index (χ0n) is 15.3. The molecular formula is C19H20F3N5O. The van der Waals surface area contributed by atoms with Gasteiger partial charge in [-0.3, -0.25) is 5.53 Å². The highest BCUT2D eigenvalue weighted by Crippen LogP contribution is 2.31. The first-order valence-electron chi connectivity index (χ1n) is 8.65. The van der Waals surface area contributed by atoms with Gasteiger partial charge in [-0.2, -0.15) is 23.4 Å². The summed E-state index contributed by atoms with van der Waals surface area (Å²) in [4.78, 5) is 1.42. The number of hydrogen-bond donors (Lipinski definition) is 3. The number of nitrogens with zero attached hydrogens (tertiary/aromatic N) is 3. The number of rotatable bonds is 5. The molecule has 6 nitrogen and oxygen atoms in total. The number of halogens is 3. The van der Waals surface area contributed by atoms with Crippen LogP contribution in [0.5, 0.6) is 0 Å². The van der Waals surface area contributed by atoms with E-state index in [2.05, 4.69) is 21.4 Å². The average molecular weight is 391 g/mol. The maximum Gasteiger partial charge on any atom is 0.416 e. The molecule has 1 aliphatic rings. The molecule has 148 valence electrons. The van der Waals surface area contributed by atoms with Crippen LogP contribution in [0.1, 0.15) is 25.0 Å². The molecule has 1 heterocycles. The molecule has 28 heavy (non-hydrogen) atoms. The van der Waals surface area contributed by atoms with Gasteiger partial charge in [-0.15, -0.1) is 0 Å². The van der Waals surface area contributed by atoms with E-state index < -0.39 is 17.8 Å². The average Bonchev–Trinajstić information content (AvgIpc) is 3.10. The number of hydrazine groups is 1. The van der Waals surface area contributed by atoms with Gasteiger partial charge in [0.2, 0.25) is 0 Å². The summed E-state index contributed by atoms with van der Waals surface area (Å²) in [5.41, 5.74) is 8.22. The van der Waals surface area contributed by atoms with E-state index in [0.29, 0.717) is 22.8 Å². The van der Waals surface area contributed by atoms with Crippen LogP contribution < -0.4 is 10.9 Å². The smallest absolute Gasteiger partial charge is 0.393 e. The van der Waals surface area contributed by atoms with E-state index in [1.54, 1.807) is 31.3 Å². The van der Waals surface area contributed by atoms with Crippen LogP contribution in [0.15, 0.2) is 53.6 Å². The van der Waals surface area contributed by atoms with Gasteiger partial charge in [0.1, 0.15) is 0 Å². The van der Waals surface area contributed by atoms with Gasteiger partial charge in [-0.05, 0) is 37.3 Å². The summed E-state index contributed by atoms with van der Waals surface area (Å²) in [5, 5.41) is 16.9. The molecule has 3 rings (SSSR count). The Bertz CT molecular complexity index is 891. The zero-order valence-corrected chi connectivity index (χ0v) is 15.3. The highest BCUT2D eigenvalue weighted by molar-refractivity contribution is 6.11. The van der Waals surface area contributed by atoms with Gasteiger partial charge in [0.15, 0.2) is 0 Å². The third-order valence-electron chi connectivity index (χ3n) is 4.26. The van der Waals surface area contributed by atoms with Crippen LogP contribution in [-0.4, -0.2) is 28.1 Å². The van der Waals surface area contributed by atoms with E-state index in [0.717, 1.165) is 12.1 Å². The van der Waals surface area contributed by atoms with Gasteiger partial charge in [0, 0.05) is 22.9 Å². The SMILES string of the molecule is C[C@H](/C=[N+]1/[N-]C(c2ccccc2Nc2ccc(C(F)(F)F)cc2)=NN1)[C@@H](C)O. The summed E-state index contributed by atoms with van der Waals surface area (Å²) in [6.07, 6.45) is -3.20. The number of hydrogen-bond acceptors (Lipinski definition) is 4. The number of anilines is 2. The maximum absolute atomic E-state index is 12.7. The van der Waals surface area contributed by atoms with Crippen LogP contribution >= 0.6 is 0 Å². The van der Waals surface area contributed by atoms with Gasteiger partial charge >= 0.3 is 6.18 Å². The number of para-hydroxylation sites is 1. The molecule has 2 aromatic rings. The summed E-state index contributed by atoms with van der Waals surface area (Å²) < 4.78 is 38.1. The third kappa shape index (κ3) is 4.61. The lowest BCUT2D eigenvalue weighted by atomic mass is 10.1. The molecular weight excluding hydrogens is 371 g/mol. The van der Waals surface area contributed by atoms with E-state index in [9.17, 15) is 18.3 Å². The monoisotopic (exact) mass is 391 g/mol. The van der Waals surface area contributed by atoms with Crippen molar-refractivity contribution < 1.29 is 23.1 Å². The predicted molar refractivity (Wildman–Crippen MR) is 101 cm³/mol. The minimum Gasteiger partial charge on any atom is -0.393 e. The van der Waals surface area contributed by atoms with Crippen molar-refractivity contribution in [1.82, 2.24) is 5.53 Å². The van der Waals surface area contributed by atoms with Crippen molar-refractivity contribution in [2.75, 3.05) is 5.32 Å². The number of benzene rings is 2. The normalized spacial score (nSPS) is 17.5. The van der Waals surface area contributed by atoms with Gasteiger partial charge in [0.25, 0.3) is 0 Å². The molecule has 2 atom stereocenters. The van der Waals surface area contributed by atoms with Crippen molar-refractivity contribution >= 4 is 23.4 Å². The first-order valence-corrected chi connectivity index (χ1v) is 8.65. The minimum absolute atomic E-state index is 0.133. The molecule has 0 amide bonds. The van der Waals surface area contributed by atoms with E-state index in [1.807, 2.05) is 13.0 Å². The molecule has 0 fully saturated rings. The molecule has 0 spiro atoms. The van der Waals surface area contributed by atoms with Crippen LogP contribution in [0.3, 0.4) is 0 Å². The molecule has 1 aliphatic heterocycles. The highest BCUT2D eigenvalue weighted by Gasteiger charge is 2.29. The van der Waals surface area contributed by atoms with Crippen LogP contribution in [-0.2, 0) is 6.18 Å². The Labute approximate surface area is 160 Å². The summed E-state index contributed by atoms with van der Waals surface area (Å²) in [5.74, 6) is 0.273. The number of alkyl halides is 3. The first kappa shape index (κ1) is 19.7. The van der Waals surface area contributed by atoms with Crippen molar-refractivity contribution in [1.29, 1.82) is 0 Å². The lowest BCUT2D eigenvalue weighted by Crippen LogP contribution is -2.24. The largest absolute Gasteiger partial charge is 0.416 e. The first-order chi connectivity index (χ1) is 13.2. The maximum atomic E-state index is 12.7. The summed E-state index contributed by atoms with van der Waals surface area (Å²) in [6, 6.07) is 12.0. The summed E-state index contributed by atoms with van der Waals surface area (Å²) >= 11 is 0. The van der Waals surface area contributed by atoms with E-state index in [4.69, 9.17) is 0 Å². The standard InChI is InChI=1S/C19H20F3N5O/c1-12(13(2)28)11-27-25-18(24-26-27)16-5-3-4-6-17(16)23-15-9-7-14(8-10-15)19(20,21)22/h3-13,23,28H,1-2H3,(H,24,25,26)/b27-11-/t12-,13-/m1/s1. The molecule has 0 saturated carbocycles. The highest BCUT2D eigenvalue weighted by atomic mass is 19.4. The predicted octanol–water partition coefficient (Wildman–Crippen LogP) is 4.02. The quantitative estimate of drug-likeness (QED) is 0.674. The number of nitrogens with one attached hydrogen (secondary N) is 2. The fourth-order valence-electron chi connectivity index (χ4n) is 2.46. The molecule has 0 saturated heterocycles. The van der Waals surface area contributed by atoms with E-state index >= 15 is 0 Å². The molecule has 0 aromatic heterocycles. The van der Waals surface area contributed by atoms with E-state index in [-0.39, 0.29) is 5.92 Å². The number of aliphatic hydroxyl groups excluding tert-OH is 1. The Balaban J connectivity index is 1.77. The Kier molecular flexibility index (Phi) is 5.55. The summed E-state index contributed by atoms with van der Waals surface area (Å²) in [7, 11) is 0. The van der Waals surface area contributed by atoms with E-state index in [1.165, 1.54) is 16.9 Å². The lowest BCUT2D eigenvalue weighted by Gasteiger charge is -2.15.